The largest absolute Gasteiger partial charge is 0.449 e. The van der Waals surface area contributed by atoms with Crippen molar-refractivity contribution in [2.75, 3.05) is 0 Å². The predicted octanol–water partition coefficient (Wildman–Crippen LogP) is 2.29. The number of nitrogens with zero attached hydrogens (tertiary/aromatic N) is 2. The van der Waals surface area contributed by atoms with Gasteiger partial charge in [0.15, 0.2) is 6.10 Å². The van der Waals surface area contributed by atoms with E-state index in [9.17, 15) is 19.2 Å². The van der Waals surface area contributed by atoms with Crippen LogP contribution in [0.5, 0.6) is 0 Å². The molecule has 0 saturated carbocycles. The number of aromatic nitrogens is 2. The van der Waals surface area contributed by atoms with Crippen molar-refractivity contribution >= 4 is 28.8 Å². The zero-order chi connectivity index (χ0) is 22.5. The molecule has 1 atom stereocenters. The summed E-state index contributed by atoms with van der Waals surface area (Å²) in [5.74, 6) is -0.737. The number of ether oxygens (including phenoxy) is 1. The molecule has 0 bridgehead atoms. The van der Waals surface area contributed by atoms with Crippen LogP contribution in [0, 0.1) is 0 Å². The number of imide groups is 1. The van der Waals surface area contributed by atoms with Gasteiger partial charge in [-0.1, -0.05) is 12.8 Å². The molecule has 3 amide bonds. The normalized spacial score (nSPS) is 14.8. The summed E-state index contributed by atoms with van der Waals surface area (Å²) in [6.07, 6.45) is 3.66. The molecule has 31 heavy (non-hydrogen) atoms. The number of carbonyl (C=O) groups excluding carboxylic acids is 3. The zero-order valence-corrected chi connectivity index (χ0v) is 18.1. The monoisotopic (exact) mass is 428 g/mol. The number of esters is 1. The Kier molecular flexibility index (Phi) is 7.04. The molecule has 0 radical (unpaired) electrons. The molecule has 2 aromatic rings. The lowest BCUT2D eigenvalue weighted by Gasteiger charge is -2.17. The molecule has 2 heterocycles. The number of hydrogen-bond acceptors (Lipinski definition) is 6. The average molecular weight is 428 g/mol. The lowest BCUT2D eigenvalue weighted by molar-refractivity contribution is -0.127. The van der Waals surface area contributed by atoms with Crippen LogP contribution in [0.1, 0.15) is 62.6 Å². The number of fused-ring (bicyclic) bond motifs is 2. The topological polar surface area (TPSA) is 119 Å². The highest BCUT2D eigenvalue weighted by atomic mass is 16.5. The molecular formula is C22H28N4O5. The maximum absolute atomic E-state index is 12.9. The van der Waals surface area contributed by atoms with E-state index in [0.717, 1.165) is 37.9 Å². The fraction of sp³-hybridized carbons (Fsp3) is 0.500. The van der Waals surface area contributed by atoms with Gasteiger partial charge in [0.25, 0.3) is 11.5 Å². The van der Waals surface area contributed by atoms with Crippen LogP contribution in [-0.2, 0) is 22.5 Å². The van der Waals surface area contributed by atoms with Crippen molar-refractivity contribution in [3.05, 3.63) is 39.9 Å². The summed E-state index contributed by atoms with van der Waals surface area (Å²) in [5, 5.41) is 5.09. The Hall–Kier alpha value is -3.23. The Bertz CT molecular complexity index is 1060. The van der Waals surface area contributed by atoms with Crippen molar-refractivity contribution in [2.24, 2.45) is 0 Å². The van der Waals surface area contributed by atoms with Gasteiger partial charge >= 0.3 is 12.0 Å². The Morgan fingerprint density at radius 3 is 2.58 bits per heavy atom. The molecule has 0 aliphatic carbocycles. The lowest BCUT2D eigenvalue weighted by Crippen LogP contribution is -2.46. The van der Waals surface area contributed by atoms with E-state index in [0.29, 0.717) is 17.4 Å². The molecule has 9 heteroatoms. The minimum Gasteiger partial charge on any atom is -0.449 e. The van der Waals surface area contributed by atoms with Gasteiger partial charge in [0.1, 0.15) is 5.82 Å². The van der Waals surface area contributed by atoms with Crippen LogP contribution in [0.3, 0.4) is 0 Å². The number of carbonyl (C=O) groups is 3. The minimum atomic E-state index is -1.17. The summed E-state index contributed by atoms with van der Waals surface area (Å²) < 4.78 is 6.92. The van der Waals surface area contributed by atoms with Gasteiger partial charge < -0.3 is 10.1 Å². The van der Waals surface area contributed by atoms with E-state index in [-0.39, 0.29) is 17.2 Å². The molecule has 3 rings (SSSR count). The second kappa shape index (κ2) is 9.72. The summed E-state index contributed by atoms with van der Waals surface area (Å²) in [6, 6.07) is 3.76. The standard InChI is InChI=1S/C22H28N4O5/c1-13(2)23-22(30)25-19(27)14(3)31-21(29)15-9-10-16-17(12-15)24-18-8-6-4-5-7-11-26(18)20(16)28/h9-10,12-14H,4-8,11H2,1-3H3,(H2,23,25,27,30). The fourth-order valence-corrected chi connectivity index (χ4v) is 3.52. The number of hydrogen-bond donors (Lipinski definition) is 2. The van der Waals surface area contributed by atoms with E-state index in [4.69, 9.17) is 4.74 Å². The first-order valence-electron chi connectivity index (χ1n) is 10.6. The van der Waals surface area contributed by atoms with Gasteiger partial charge in [-0.15, -0.1) is 0 Å². The second-order valence-electron chi connectivity index (χ2n) is 8.05. The number of rotatable bonds is 4. The highest BCUT2D eigenvalue weighted by molar-refractivity contribution is 5.99. The molecule has 0 spiro atoms. The van der Waals surface area contributed by atoms with Crippen LogP contribution in [-0.4, -0.2) is 39.6 Å². The zero-order valence-electron chi connectivity index (χ0n) is 18.1. The van der Waals surface area contributed by atoms with E-state index in [2.05, 4.69) is 15.6 Å². The van der Waals surface area contributed by atoms with Crippen molar-refractivity contribution < 1.29 is 19.1 Å². The van der Waals surface area contributed by atoms with Crippen molar-refractivity contribution in [2.45, 2.75) is 71.6 Å². The first-order valence-corrected chi connectivity index (χ1v) is 10.6. The molecule has 0 saturated heterocycles. The highest BCUT2D eigenvalue weighted by Gasteiger charge is 2.22. The van der Waals surface area contributed by atoms with Crippen LogP contribution in [0.2, 0.25) is 0 Å². The minimum absolute atomic E-state index is 0.106. The van der Waals surface area contributed by atoms with Gasteiger partial charge in [-0.05, 0) is 51.8 Å². The second-order valence-corrected chi connectivity index (χ2v) is 8.05. The molecule has 9 nitrogen and oxygen atoms in total. The van der Waals surface area contributed by atoms with Crippen LogP contribution >= 0.6 is 0 Å². The van der Waals surface area contributed by atoms with Crippen LogP contribution < -0.4 is 16.2 Å². The molecule has 1 unspecified atom stereocenters. The number of nitrogens with one attached hydrogen (secondary N) is 2. The highest BCUT2D eigenvalue weighted by Crippen LogP contribution is 2.17. The van der Waals surface area contributed by atoms with Crippen LogP contribution in [0.15, 0.2) is 23.0 Å². The van der Waals surface area contributed by atoms with Crippen molar-refractivity contribution in [3.63, 3.8) is 0 Å². The maximum atomic E-state index is 12.9. The van der Waals surface area contributed by atoms with E-state index in [1.165, 1.54) is 19.1 Å². The quantitative estimate of drug-likeness (QED) is 0.721. The molecule has 1 aromatic heterocycles. The Morgan fingerprint density at radius 1 is 1.10 bits per heavy atom. The Labute approximate surface area is 180 Å². The summed E-state index contributed by atoms with van der Waals surface area (Å²) >= 11 is 0. The average Bonchev–Trinajstić information content (AvgIpc) is 2.68. The van der Waals surface area contributed by atoms with Gasteiger partial charge in [-0.2, -0.15) is 0 Å². The summed E-state index contributed by atoms with van der Waals surface area (Å²) in [4.78, 5) is 53.8. The SMILES string of the molecule is CC(C)NC(=O)NC(=O)C(C)OC(=O)c1ccc2c(=O)n3c(nc2c1)CCCCCC3. The number of aryl methyl sites for hydroxylation is 1. The van der Waals surface area contributed by atoms with Gasteiger partial charge in [-0.3, -0.25) is 19.5 Å². The summed E-state index contributed by atoms with van der Waals surface area (Å²) in [6.45, 7) is 5.55. The third-order valence-corrected chi connectivity index (χ3v) is 5.11. The van der Waals surface area contributed by atoms with Crippen molar-refractivity contribution in [1.29, 1.82) is 0 Å². The molecule has 1 aromatic carbocycles. The predicted molar refractivity (Wildman–Crippen MR) is 115 cm³/mol. The summed E-state index contributed by atoms with van der Waals surface area (Å²) in [5.41, 5.74) is 0.506. The van der Waals surface area contributed by atoms with Crippen LogP contribution in [0.25, 0.3) is 10.9 Å². The molecule has 1 aliphatic heterocycles. The molecule has 0 fully saturated rings. The third kappa shape index (κ3) is 5.48. The van der Waals surface area contributed by atoms with Crippen molar-refractivity contribution in [1.82, 2.24) is 20.2 Å². The van der Waals surface area contributed by atoms with Gasteiger partial charge in [0.05, 0.1) is 16.5 Å². The first kappa shape index (κ1) is 22.5. The lowest BCUT2D eigenvalue weighted by atomic mass is 10.1. The van der Waals surface area contributed by atoms with E-state index in [1.807, 2.05) is 0 Å². The number of amides is 3. The Morgan fingerprint density at radius 2 is 1.84 bits per heavy atom. The van der Waals surface area contributed by atoms with Crippen LogP contribution in [0.4, 0.5) is 4.79 Å². The van der Waals surface area contributed by atoms with Gasteiger partial charge in [0, 0.05) is 19.0 Å². The molecular weight excluding hydrogens is 400 g/mol. The smallest absolute Gasteiger partial charge is 0.338 e. The Balaban J connectivity index is 1.77. The van der Waals surface area contributed by atoms with E-state index < -0.39 is 24.0 Å². The van der Waals surface area contributed by atoms with Gasteiger partial charge in [0.2, 0.25) is 0 Å². The number of benzene rings is 1. The maximum Gasteiger partial charge on any atom is 0.338 e. The van der Waals surface area contributed by atoms with E-state index >= 15 is 0 Å². The first-order chi connectivity index (χ1) is 14.8. The summed E-state index contributed by atoms with van der Waals surface area (Å²) in [7, 11) is 0. The fourth-order valence-electron chi connectivity index (χ4n) is 3.52. The van der Waals surface area contributed by atoms with Gasteiger partial charge in [-0.25, -0.2) is 14.6 Å². The van der Waals surface area contributed by atoms with E-state index in [1.54, 1.807) is 24.5 Å². The number of urea groups is 1. The molecule has 2 N–H and O–H groups in total. The third-order valence-electron chi connectivity index (χ3n) is 5.11. The molecule has 166 valence electrons. The van der Waals surface area contributed by atoms with Crippen molar-refractivity contribution in [3.8, 4) is 0 Å². The molecule has 1 aliphatic rings.